The highest BCUT2D eigenvalue weighted by atomic mass is 19.4. The van der Waals surface area contributed by atoms with Gasteiger partial charge in [-0.15, -0.1) is 0 Å². The van der Waals surface area contributed by atoms with Crippen LogP contribution in [-0.2, 0) is 17.8 Å². The molecule has 3 aromatic rings. The molecule has 0 saturated heterocycles. The summed E-state index contributed by atoms with van der Waals surface area (Å²) in [6.07, 6.45) is 3.36. The van der Waals surface area contributed by atoms with Gasteiger partial charge in [-0.2, -0.15) is 0 Å². The number of fused-ring (bicyclic) bond motifs is 5. The Morgan fingerprint density at radius 2 is 1.73 bits per heavy atom. The Morgan fingerprint density at radius 1 is 1.10 bits per heavy atom. The van der Waals surface area contributed by atoms with E-state index >= 15 is 0 Å². The van der Waals surface area contributed by atoms with Crippen molar-refractivity contribution in [2.45, 2.75) is 45.9 Å². The summed E-state index contributed by atoms with van der Waals surface area (Å²) in [7, 11) is -3.67. The van der Waals surface area contributed by atoms with E-state index in [1.165, 1.54) is 33.5 Å². The molecular weight excluding hydrogens is 397 g/mol. The number of aryl methyl sites for hydroxylation is 3. The Labute approximate surface area is 172 Å². The molecule has 2 atom stereocenters. The van der Waals surface area contributed by atoms with Gasteiger partial charge in [-0.1, -0.05) is 46.6 Å². The highest BCUT2D eigenvalue weighted by Gasteiger charge is 2.43. The van der Waals surface area contributed by atoms with Gasteiger partial charge in [0.05, 0.1) is 0 Å². The van der Waals surface area contributed by atoms with Crippen LogP contribution in [0.15, 0.2) is 42.7 Å². The smallest absolute Gasteiger partial charge is 0.762 e. The van der Waals surface area contributed by atoms with Crippen molar-refractivity contribution in [2.75, 3.05) is 0 Å². The van der Waals surface area contributed by atoms with Gasteiger partial charge < -0.3 is 9.44 Å². The predicted octanol–water partition coefficient (Wildman–Crippen LogP) is 1.01. The van der Waals surface area contributed by atoms with Gasteiger partial charge in [-0.25, -0.2) is 4.57 Å². The molecule has 9 heteroatoms. The first-order valence-electron chi connectivity index (χ1n) is 9.54. The van der Waals surface area contributed by atoms with Crippen molar-refractivity contribution in [3.63, 3.8) is 0 Å². The molecule has 30 heavy (non-hydrogen) atoms. The average Bonchev–Trinajstić information content (AvgIpc) is 3.20. The number of hydrogen-bond donors (Lipinski definition) is 0. The number of nitrogens with zero attached hydrogens (tertiary/aromatic N) is 3. The molecule has 0 bridgehead atoms. The summed E-state index contributed by atoms with van der Waals surface area (Å²) < 4.78 is 39.5. The second-order valence-electron chi connectivity index (χ2n) is 7.58. The minimum absolute atomic E-state index is 0. The second kappa shape index (κ2) is 8.59. The van der Waals surface area contributed by atoms with E-state index < -0.39 is 7.54 Å². The van der Waals surface area contributed by atoms with Crippen LogP contribution in [0.3, 0.4) is 0 Å². The Kier molecular flexibility index (Phi) is 6.31. The van der Waals surface area contributed by atoms with E-state index in [1.54, 1.807) is 0 Å². The fourth-order valence-electron chi connectivity index (χ4n) is 4.56. The lowest BCUT2D eigenvalue weighted by Crippen LogP contribution is -3.00. The zero-order valence-corrected chi connectivity index (χ0v) is 16.9. The van der Waals surface area contributed by atoms with E-state index in [0.717, 1.165) is 12.2 Å². The molecular formula is C21H22BF4N3O. The fourth-order valence-corrected chi connectivity index (χ4v) is 4.56. The van der Waals surface area contributed by atoms with Crippen LogP contribution in [0.4, 0.5) is 12.9 Å². The van der Waals surface area contributed by atoms with E-state index in [0.29, 0.717) is 6.61 Å². The highest BCUT2D eigenvalue weighted by molar-refractivity contribution is 6.33. The Morgan fingerprint density at radius 3 is 2.40 bits per heavy atom. The topological polar surface area (TPSA) is 30.9 Å². The minimum Gasteiger partial charge on any atom is -1.00 e. The zero-order valence-electron chi connectivity index (χ0n) is 16.9. The zero-order chi connectivity index (χ0) is 20.7. The maximum Gasteiger partial charge on any atom is 0.762 e. The average molecular weight is 419 g/mol. The summed E-state index contributed by atoms with van der Waals surface area (Å²) in [6, 6.07) is 13.4. The molecule has 1 aromatic heterocycles. The monoisotopic (exact) mass is 419 g/mol. The van der Waals surface area contributed by atoms with Crippen LogP contribution >= 0.6 is 0 Å². The second-order valence-corrected chi connectivity index (χ2v) is 7.58. The molecule has 0 spiro atoms. The number of ether oxygens (including phenoxy) is 1. The molecule has 0 saturated carbocycles. The van der Waals surface area contributed by atoms with Gasteiger partial charge in [0, 0.05) is 11.5 Å². The summed E-state index contributed by atoms with van der Waals surface area (Å²) in [6.45, 7) is 7.03. The predicted molar refractivity (Wildman–Crippen MR) is 104 cm³/mol. The maximum absolute atomic E-state index is 9.67. The van der Waals surface area contributed by atoms with Crippen molar-refractivity contribution in [2.24, 2.45) is 0 Å². The first-order chi connectivity index (χ1) is 13.8. The van der Waals surface area contributed by atoms with Gasteiger partial charge in [0.25, 0.3) is 0 Å². The van der Waals surface area contributed by atoms with Gasteiger partial charge in [0.15, 0.2) is 0 Å². The van der Waals surface area contributed by atoms with Crippen molar-refractivity contribution in [3.05, 3.63) is 76.4 Å². The number of rotatable bonds is 1. The molecule has 0 N–H and O–H groups in total. The summed E-state index contributed by atoms with van der Waals surface area (Å²) in [5.41, 5.74) is 7.74. The largest absolute Gasteiger partial charge is 1.00 e. The van der Waals surface area contributed by atoms with Crippen LogP contribution in [0.2, 0.25) is 0 Å². The van der Waals surface area contributed by atoms with Crippen LogP contribution in [0.5, 0.6) is 0 Å². The molecule has 2 aliphatic rings. The first-order valence-corrected chi connectivity index (χ1v) is 9.54. The van der Waals surface area contributed by atoms with Crippen molar-refractivity contribution in [1.29, 1.82) is 0 Å². The molecule has 1 aliphatic carbocycles. The lowest BCUT2D eigenvalue weighted by atomic mass is 10.1. The van der Waals surface area contributed by atoms with Gasteiger partial charge in [-0.05, 0) is 43.0 Å². The molecule has 2 aromatic carbocycles. The molecule has 2 heterocycles. The lowest BCUT2D eigenvalue weighted by Gasteiger charge is -2.23. The maximum atomic E-state index is 9.67. The Balaban J connectivity index is 0.000000473. The lowest BCUT2D eigenvalue weighted by molar-refractivity contribution is -0.739. The van der Waals surface area contributed by atoms with Gasteiger partial charge in [0.1, 0.15) is 24.4 Å². The van der Waals surface area contributed by atoms with Crippen LogP contribution in [0.25, 0.3) is 5.69 Å². The third-order valence-electron chi connectivity index (χ3n) is 5.49. The Bertz CT molecular complexity index is 1030. The standard InChI is InChI=1S/C21H22N3O.BF3.FH/c1-13-8-14(2)20(15(3)9-13)24-12-23-19(22-24)11-25-18-10-16-6-4-5-7-17(16)21(18)23;2-1(3)4;/h4-9,12,18,21H,10-11H2,1-3H3;;1H/q+1;;/p-1/t18-,21+;;/m1../s1. The fraction of sp³-hybridized carbons (Fsp3) is 0.333. The van der Waals surface area contributed by atoms with Crippen LogP contribution in [0, 0.1) is 20.8 Å². The van der Waals surface area contributed by atoms with Crippen molar-refractivity contribution in [3.8, 4) is 5.69 Å². The van der Waals surface area contributed by atoms with Crippen LogP contribution in [0.1, 0.15) is 39.7 Å². The molecule has 4 nitrogen and oxygen atoms in total. The molecule has 0 fully saturated rings. The molecule has 1 aliphatic heterocycles. The summed E-state index contributed by atoms with van der Waals surface area (Å²) in [5, 5.41) is 4.86. The van der Waals surface area contributed by atoms with E-state index in [9.17, 15) is 12.9 Å². The normalized spacial score (nSPS) is 18.3. The van der Waals surface area contributed by atoms with Crippen LogP contribution < -0.4 is 9.27 Å². The third kappa shape index (κ3) is 3.98. The molecule has 158 valence electrons. The number of aromatic nitrogens is 3. The van der Waals surface area contributed by atoms with Gasteiger partial charge in [-0.3, -0.25) is 12.9 Å². The number of halogens is 4. The van der Waals surface area contributed by atoms with Crippen molar-refractivity contribution >= 4 is 7.54 Å². The van der Waals surface area contributed by atoms with Crippen molar-refractivity contribution < 1.29 is 27.0 Å². The summed E-state index contributed by atoms with van der Waals surface area (Å²) in [4.78, 5) is 0. The SMILES string of the molecule is Cc1cc(C)c(-n2c[n+]3c(n2)CO[C@@H]2Cc4ccccc4[C@@H]23)c(C)c1.FB(F)F.[F-]. The minimum atomic E-state index is -3.67. The van der Waals surface area contributed by atoms with Crippen LogP contribution in [-0.4, -0.2) is 23.4 Å². The number of benzene rings is 2. The summed E-state index contributed by atoms with van der Waals surface area (Å²) >= 11 is 0. The summed E-state index contributed by atoms with van der Waals surface area (Å²) in [5.74, 6) is 0.998. The molecule has 0 unspecified atom stereocenters. The van der Waals surface area contributed by atoms with E-state index in [4.69, 9.17) is 9.84 Å². The highest BCUT2D eigenvalue weighted by Crippen LogP contribution is 2.35. The van der Waals surface area contributed by atoms with E-state index in [1.807, 2.05) is 4.68 Å². The van der Waals surface area contributed by atoms with Gasteiger partial charge in [0.2, 0.25) is 6.33 Å². The van der Waals surface area contributed by atoms with Crippen molar-refractivity contribution in [1.82, 2.24) is 9.78 Å². The molecule has 5 rings (SSSR count). The Hall–Kier alpha value is -2.68. The quantitative estimate of drug-likeness (QED) is 0.335. The van der Waals surface area contributed by atoms with Gasteiger partial charge >= 0.3 is 13.4 Å². The first kappa shape index (κ1) is 22.0. The number of hydrogen-bond acceptors (Lipinski definition) is 2. The molecule has 0 amide bonds. The van der Waals surface area contributed by atoms with E-state index in [2.05, 4.69) is 68.1 Å². The van der Waals surface area contributed by atoms with E-state index in [-0.39, 0.29) is 16.9 Å². The molecule has 0 radical (unpaired) electrons. The third-order valence-corrected chi connectivity index (χ3v) is 5.49.